The minimum atomic E-state index is -3.99. The minimum absolute atomic E-state index is 0.0716. The van der Waals surface area contributed by atoms with Gasteiger partial charge in [-0.05, 0) is 18.2 Å². The van der Waals surface area contributed by atoms with Gasteiger partial charge in [0.1, 0.15) is 10.7 Å². The molecule has 2 aromatic rings. The van der Waals surface area contributed by atoms with Crippen LogP contribution in [0.25, 0.3) is 0 Å². The number of aliphatic hydroxyl groups excluding tert-OH is 1. The number of hydrogen-bond acceptors (Lipinski definition) is 4. The molecule has 124 valence electrons. The molecule has 1 aromatic heterocycles. The molecule has 1 aromatic carbocycles. The number of aliphatic hydroxyl groups is 1. The van der Waals surface area contributed by atoms with Gasteiger partial charge in [0, 0.05) is 22.9 Å². The monoisotopic (exact) mass is 338 g/mol. The number of pyridine rings is 1. The summed E-state index contributed by atoms with van der Waals surface area (Å²) in [5.74, 6) is -0.751. The zero-order valence-corrected chi connectivity index (χ0v) is 14.0. The highest BCUT2D eigenvalue weighted by atomic mass is 32.2. The highest BCUT2D eigenvalue weighted by Crippen LogP contribution is 2.25. The number of hydrogen-bond donors (Lipinski definition) is 2. The number of aromatic nitrogens is 1. The van der Waals surface area contributed by atoms with E-state index in [2.05, 4.69) is 9.71 Å². The summed E-state index contributed by atoms with van der Waals surface area (Å²) in [6.45, 7) is 5.43. The standard InChI is InChI=1S/C16H19FN2O3S/c1-16(2,3)14-8-7-12(9-18-14)23(21,22)19-15-11(10-20)5-4-6-13(15)17/h4-9,19-20H,10H2,1-3H3. The van der Waals surface area contributed by atoms with E-state index in [1.54, 1.807) is 6.07 Å². The van der Waals surface area contributed by atoms with E-state index in [-0.39, 0.29) is 21.6 Å². The van der Waals surface area contributed by atoms with Crippen LogP contribution in [0.4, 0.5) is 10.1 Å². The first-order valence-corrected chi connectivity index (χ1v) is 8.51. The maximum absolute atomic E-state index is 13.8. The van der Waals surface area contributed by atoms with Gasteiger partial charge in [0.2, 0.25) is 0 Å². The predicted molar refractivity (Wildman–Crippen MR) is 86.1 cm³/mol. The summed E-state index contributed by atoms with van der Waals surface area (Å²) >= 11 is 0. The quantitative estimate of drug-likeness (QED) is 0.898. The maximum Gasteiger partial charge on any atom is 0.263 e. The molecule has 0 unspecified atom stereocenters. The molecule has 0 spiro atoms. The molecule has 0 aliphatic heterocycles. The molecule has 1 heterocycles. The summed E-state index contributed by atoms with van der Waals surface area (Å²) < 4.78 is 40.8. The van der Waals surface area contributed by atoms with Crippen molar-refractivity contribution in [3.8, 4) is 0 Å². The number of halogens is 1. The maximum atomic E-state index is 13.8. The van der Waals surface area contributed by atoms with Gasteiger partial charge in [0.15, 0.2) is 0 Å². The van der Waals surface area contributed by atoms with Crippen LogP contribution >= 0.6 is 0 Å². The zero-order chi connectivity index (χ0) is 17.3. The fourth-order valence-electron chi connectivity index (χ4n) is 1.99. The van der Waals surface area contributed by atoms with E-state index < -0.39 is 22.4 Å². The van der Waals surface area contributed by atoms with E-state index in [4.69, 9.17) is 0 Å². The van der Waals surface area contributed by atoms with Crippen LogP contribution in [0.1, 0.15) is 32.0 Å². The molecule has 0 radical (unpaired) electrons. The molecule has 7 heteroatoms. The van der Waals surface area contributed by atoms with Crippen molar-refractivity contribution in [1.29, 1.82) is 0 Å². The van der Waals surface area contributed by atoms with Gasteiger partial charge in [0.05, 0.1) is 12.3 Å². The molecular weight excluding hydrogens is 319 g/mol. The van der Waals surface area contributed by atoms with Gasteiger partial charge in [-0.3, -0.25) is 9.71 Å². The van der Waals surface area contributed by atoms with Crippen molar-refractivity contribution in [2.24, 2.45) is 0 Å². The second-order valence-corrected chi connectivity index (χ2v) is 7.85. The summed E-state index contributed by atoms with van der Waals surface area (Å²) in [6.07, 6.45) is 1.24. The second kappa shape index (κ2) is 6.25. The van der Waals surface area contributed by atoms with Crippen LogP contribution < -0.4 is 4.72 Å². The Bertz CT molecular complexity index is 797. The normalized spacial score (nSPS) is 12.2. The third-order valence-corrected chi connectivity index (χ3v) is 4.66. The van der Waals surface area contributed by atoms with Crippen LogP contribution in [-0.4, -0.2) is 18.5 Å². The average Bonchev–Trinajstić information content (AvgIpc) is 2.48. The summed E-state index contributed by atoms with van der Waals surface area (Å²) in [7, 11) is -3.99. The lowest BCUT2D eigenvalue weighted by Gasteiger charge is -2.18. The fraction of sp³-hybridized carbons (Fsp3) is 0.312. The molecule has 0 atom stereocenters. The van der Waals surface area contributed by atoms with Crippen LogP contribution in [0.2, 0.25) is 0 Å². The molecular formula is C16H19FN2O3S. The first kappa shape index (κ1) is 17.4. The molecule has 5 nitrogen and oxygen atoms in total. The van der Waals surface area contributed by atoms with E-state index in [9.17, 15) is 17.9 Å². The van der Waals surface area contributed by atoms with Crippen LogP contribution in [-0.2, 0) is 22.0 Å². The number of nitrogens with one attached hydrogen (secondary N) is 1. The lowest BCUT2D eigenvalue weighted by Crippen LogP contribution is -2.18. The van der Waals surface area contributed by atoms with Gasteiger partial charge >= 0.3 is 0 Å². The third kappa shape index (κ3) is 3.86. The molecule has 2 rings (SSSR count). The highest BCUT2D eigenvalue weighted by Gasteiger charge is 2.21. The summed E-state index contributed by atoms with van der Waals surface area (Å²) in [6, 6.07) is 7.02. The lowest BCUT2D eigenvalue weighted by molar-refractivity contribution is 0.282. The Hall–Kier alpha value is -1.99. The third-order valence-electron chi connectivity index (χ3n) is 3.32. The number of benzene rings is 1. The van der Waals surface area contributed by atoms with E-state index in [1.165, 1.54) is 24.4 Å². The number of para-hydroxylation sites is 1. The Morgan fingerprint density at radius 2 is 1.91 bits per heavy atom. The molecule has 0 amide bonds. The summed E-state index contributed by atoms with van der Waals surface area (Å²) in [5, 5.41) is 9.22. The van der Waals surface area contributed by atoms with E-state index in [1.807, 2.05) is 20.8 Å². The Labute approximate surface area is 135 Å². The lowest BCUT2D eigenvalue weighted by atomic mass is 9.92. The second-order valence-electron chi connectivity index (χ2n) is 6.17. The average molecular weight is 338 g/mol. The first-order chi connectivity index (χ1) is 10.6. The van der Waals surface area contributed by atoms with Crippen LogP contribution in [0.15, 0.2) is 41.4 Å². The number of sulfonamides is 1. The van der Waals surface area contributed by atoms with Gasteiger partial charge in [-0.15, -0.1) is 0 Å². The number of anilines is 1. The van der Waals surface area contributed by atoms with E-state index >= 15 is 0 Å². The van der Waals surface area contributed by atoms with Crippen molar-refractivity contribution in [1.82, 2.24) is 4.98 Å². The van der Waals surface area contributed by atoms with Gasteiger partial charge in [-0.2, -0.15) is 0 Å². The smallest absolute Gasteiger partial charge is 0.263 e. The molecule has 0 saturated carbocycles. The summed E-state index contributed by atoms with van der Waals surface area (Å²) in [4.78, 5) is 4.09. The first-order valence-electron chi connectivity index (χ1n) is 7.03. The molecule has 0 saturated heterocycles. The van der Waals surface area contributed by atoms with Crippen molar-refractivity contribution in [3.63, 3.8) is 0 Å². The molecule has 0 aliphatic rings. The van der Waals surface area contributed by atoms with Crippen molar-refractivity contribution in [3.05, 3.63) is 53.6 Å². The Morgan fingerprint density at radius 1 is 1.22 bits per heavy atom. The van der Waals surface area contributed by atoms with Crippen LogP contribution in [0, 0.1) is 5.82 Å². The van der Waals surface area contributed by atoms with Gasteiger partial charge in [-0.1, -0.05) is 32.9 Å². The minimum Gasteiger partial charge on any atom is -0.392 e. The molecule has 0 fully saturated rings. The SMILES string of the molecule is CC(C)(C)c1ccc(S(=O)(=O)Nc2c(F)cccc2CO)cn1. The van der Waals surface area contributed by atoms with Crippen LogP contribution in [0.3, 0.4) is 0 Å². The molecule has 0 bridgehead atoms. The highest BCUT2D eigenvalue weighted by molar-refractivity contribution is 7.92. The van der Waals surface area contributed by atoms with Crippen molar-refractivity contribution in [2.75, 3.05) is 4.72 Å². The largest absolute Gasteiger partial charge is 0.392 e. The van der Waals surface area contributed by atoms with Gasteiger partial charge < -0.3 is 5.11 Å². The van der Waals surface area contributed by atoms with E-state index in [0.717, 1.165) is 11.8 Å². The summed E-state index contributed by atoms with van der Waals surface area (Å²) in [5.41, 5.74) is 0.451. The predicted octanol–water partition coefficient (Wildman–Crippen LogP) is 2.81. The number of nitrogens with zero attached hydrogens (tertiary/aromatic N) is 1. The van der Waals surface area contributed by atoms with Gasteiger partial charge in [0.25, 0.3) is 10.0 Å². The van der Waals surface area contributed by atoms with E-state index in [0.29, 0.717) is 0 Å². The molecule has 0 aliphatic carbocycles. The fourth-order valence-corrected chi connectivity index (χ4v) is 3.04. The topological polar surface area (TPSA) is 79.3 Å². The van der Waals surface area contributed by atoms with Crippen LogP contribution in [0.5, 0.6) is 0 Å². The molecule has 23 heavy (non-hydrogen) atoms. The Kier molecular flexibility index (Phi) is 4.72. The van der Waals surface area contributed by atoms with Crippen molar-refractivity contribution in [2.45, 2.75) is 37.7 Å². The molecule has 2 N–H and O–H groups in total. The van der Waals surface area contributed by atoms with Crippen molar-refractivity contribution < 1.29 is 17.9 Å². The Balaban J connectivity index is 2.37. The number of rotatable bonds is 4. The van der Waals surface area contributed by atoms with Gasteiger partial charge in [-0.25, -0.2) is 12.8 Å². The van der Waals surface area contributed by atoms with Crippen molar-refractivity contribution >= 4 is 15.7 Å². The zero-order valence-electron chi connectivity index (χ0n) is 13.2. The Morgan fingerprint density at radius 3 is 2.43 bits per heavy atom.